The second kappa shape index (κ2) is 3.58. The lowest BCUT2D eigenvalue weighted by Crippen LogP contribution is -2.28. The Balaban J connectivity index is 2.56. The minimum Gasteiger partial charge on any atom is -0.497 e. The van der Waals surface area contributed by atoms with Crippen molar-refractivity contribution in [1.82, 2.24) is 4.90 Å². The fourth-order valence-electron chi connectivity index (χ4n) is 1.09. The highest BCUT2D eigenvalue weighted by molar-refractivity contribution is 5.85. The normalized spacial score (nSPS) is 22.5. The van der Waals surface area contributed by atoms with Crippen LogP contribution in [0.5, 0.6) is 0 Å². The van der Waals surface area contributed by atoms with Gasteiger partial charge in [0.1, 0.15) is 5.76 Å². The predicted molar refractivity (Wildman–Crippen MR) is 43.5 cm³/mol. The summed E-state index contributed by atoms with van der Waals surface area (Å²) in [6, 6.07) is 0. The molecule has 4 nitrogen and oxygen atoms in total. The minimum atomic E-state index is -0.321. The molecule has 12 heavy (non-hydrogen) atoms. The number of rotatable bonds is 3. The molecule has 1 rings (SSSR count). The molecular weight excluding hydrogens is 158 g/mol. The van der Waals surface area contributed by atoms with Crippen molar-refractivity contribution in [2.75, 3.05) is 27.7 Å². The van der Waals surface area contributed by atoms with E-state index in [-0.39, 0.29) is 12.1 Å². The SMILES string of the molecule is COC1=CC(=O)OC1CN(C)C. The summed E-state index contributed by atoms with van der Waals surface area (Å²) >= 11 is 0. The van der Waals surface area contributed by atoms with Gasteiger partial charge in [-0.1, -0.05) is 0 Å². The molecule has 1 atom stereocenters. The van der Waals surface area contributed by atoms with Crippen LogP contribution in [0, 0.1) is 0 Å². The van der Waals surface area contributed by atoms with Crippen LogP contribution >= 0.6 is 0 Å². The van der Waals surface area contributed by atoms with Crippen LogP contribution < -0.4 is 0 Å². The van der Waals surface area contributed by atoms with Crippen LogP contribution in [0.15, 0.2) is 11.8 Å². The number of methoxy groups -OCH3 is 1. The molecule has 0 saturated heterocycles. The molecule has 0 fully saturated rings. The van der Waals surface area contributed by atoms with E-state index in [1.807, 2.05) is 19.0 Å². The van der Waals surface area contributed by atoms with Gasteiger partial charge in [-0.25, -0.2) is 4.79 Å². The maximum atomic E-state index is 10.8. The van der Waals surface area contributed by atoms with Crippen LogP contribution in [0.1, 0.15) is 0 Å². The van der Waals surface area contributed by atoms with E-state index in [0.717, 1.165) is 0 Å². The van der Waals surface area contributed by atoms with Crippen LogP contribution in [0.4, 0.5) is 0 Å². The molecule has 0 N–H and O–H groups in total. The number of nitrogens with zero attached hydrogens (tertiary/aromatic N) is 1. The average molecular weight is 171 g/mol. The van der Waals surface area contributed by atoms with Crippen molar-refractivity contribution in [3.05, 3.63) is 11.8 Å². The zero-order chi connectivity index (χ0) is 9.14. The summed E-state index contributed by atoms with van der Waals surface area (Å²) in [6.45, 7) is 0.658. The Kier molecular flexibility index (Phi) is 2.70. The Morgan fingerprint density at radius 3 is 2.83 bits per heavy atom. The van der Waals surface area contributed by atoms with Crippen molar-refractivity contribution < 1.29 is 14.3 Å². The van der Waals surface area contributed by atoms with Crippen LogP contribution in [-0.2, 0) is 14.3 Å². The van der Waals surface area contributed by atoms with E-state index >= 15 is 0 Å². The summed E-state index contributed by atoms with van der Waals surface area (Å²) < 4.78 is 9.96. The molecule has 1 unspecified atom stereocenters. The fourth-order valence-corrected chi connectivity index (χ4v) is 1.09. The van der Waals surface area contributed by atoms with Crippen molar-refractivity contribution in [2.45, 2.75) is 6.10 Å². The van der Waals surface area contributed by atoms with Gasteiger partial charge in [-0.05, 0) is 14.1 Å². The Hall–Kier alpha value is -1.03. The van der Waals surface area contributed by atoms with Gasteiger partial charge in [0.25, 0.3) is 0 Å². The number of cyclic esters (lactones) is 1. The van der Waals surface area contributed by atoms with Gasteiger partial charge in [-0.15, -0.1) is 0 Å². The highest BCUT2D eigenvalue weighted by atomic mass is 16.6. The van der Waals surface area contributed by atoms with E-state index in [9.17, 15) is 4.79 Å². The number of hydrogen-bond acceptors (Lipinski definition) is 4. The van der Waals surface area contributed by atoms with E-state index in [0.29, 0.717) is 12.3 Å². The maximum absolute atomic E-state index is 10.8. The highest BCUT2D eigenvalue weighted by Gasteiger charge is 2.27. The number of esters is 1. The fraction of sp³-hybridized carbons (Fsp3) is 0.625. The van der Waals surface area contributed by atoms with Crippen LogP contribution in [-0.4, -0.2) is 44.7 Å². The number of hydrogen-bond donors (Lipinski definition) is 0. The third kappa shape index (κ3) is 1.98. The highest BCUT2D eigenvalue weighted by Crippen LogP contribution is 2.16. The van der Waals surface area contributed by atoms with Crippen molar-refractivity contribution in [1.29, 1.82) is 0 Å². The third-order valence-corrected chi connectivity index (χ3v) is 1.60. The molecule has 1 aliphatic rings. The molecule has 0 spiro atoms. The summed E-state index contributed by atoms with van der Waals surface area (Å²) in [7, 11) is 5.37. The van der Waals surface area contributed by atoms with E-state index in [1.165, 1.54) is 13.2 Å². The summed E-state index contributed by atoms with van der Waals surface area (Å²) in [6.07, 6.45) is 1.14. The van der Waals surface area contributed by atoms with Gasteiger partial charge in [0.2, 0.25) is 0 Å². The first-order chi connectivity index (χ1) is 5.63. The van der Waals surface area contributed by atoms with E-state index < -0.39 is 0 Å². The molecule has 0 bridgehead atoms. The molecule has 0 aromatic carbocycles. The number of carbonyl (C=O) groups excluding carboxylic acids is 1. The van der Waals surface area contributed by atoms with Gasteiger partial charge >= 0.3 is 5.97 Å². The number of ether oxygens (including phenoxy) is 2. The van der Waals surface area contributed by atoms with Gasteiger partial charge in [0.05, 0.1) is 13.2 Å². The van der Waals surface area contributed by atoms with Crippen LogP contribution in [0.2, 0.25) is 0 Å². The van der Waals surface area contributed by atoms with Crippen molar-refractivity contribution in [3.63, 3.8) is 0 Å². The molecule has 0 radical (unpaired) electrons. The van der Waals surface area contributed by atoms with Crippen molar-refractivity contribution >= 4 is 5.97 Å². The maximum Gasteiger partial charge on any atom is 0.335 e. The van der Waals surface area contributed by atoms with Crippen LogP contribution in [0.25, 0.3) is 0 Å². The Morgan fingerprint density at radius 1 is 1.67 bits per heavy atom. The number of carbonyl (C=O) groups is 1. The van der Waals surface area contributed by atoms with E-state index in [1.54, 1.807) is 0 Å². The minimum absolute atomic E-state index is 0.238. The zero-order valence-corrected chi connectivity index (χ0v) is 7.53. The summed E-state index contributed by atoms with van der Waals surface area (Å²) in [4.78, 5) is 12.7. The Labute approximate surface area is 71.7 Å². The molecule has 0 saturated carbocycles. The first-order valence-electron chi connectivity index (χ1n) is 3.74. The topological polar surface area (TPSA) is 38.8 Å². The lowest BCUT2D eigenvalue weighted by Gasteiger charge is -2.17. The molecule has 4 heteroatoms. The molecule has 0 aromatic heterocycles. The quantitative estimate of drug-likeness (QED) is 0.560. The average Bonchev–Trinajstić information content (AvgIpc) is 2.29. The summed E-state index contributed by atoms with van der Waals surface area (Å²) in [5.41, 5.74) is 0. The molecule has 0 aromatic rings. The smallest absolute Gasteiger partial charge is 0.335 e. The first kappa shape index (κ1) is 9.06. The van der Waals surface area contributed by atoms with Gasteiger partial charge in [-0.2, -0.15) is 0 Å². The van der Waals surface area contributed by atoms with Gasteiger partial charge in [-0.3, -0.25) is 0 Å². The molecular formula is C8H13NO3. The summed E-state index contributed by atoms with van der Waals surface area (Å²) in [5.74, 6) is 0.285. The molecule has 0 amide bonds. The predicted octanol–water partition coefficient (Wildman–Crippen LogP) is 0.00370. The van der Waals surface area contributed by atoms with E-state index in [2.05, 4.69) is 0 Å². The second-order valence-electron chi connectivity index (χ2n) is 2.94. The molecule has 0 aliphatic carbocycles. The molecule has 68 valence electrons. The second-order valence-corrected chi connectivity index (χ2v) is 2.94. The molecule has 1 aliphatic heterocycles. The Bertz CT molecular complexity index is 210. The van der Waals surface area contributed by atoms with Gasteiger partial charge in [0, 0.05) is 6.54 Å². The van der Waals surface area contributed by atoms with Crippen molar-refractivity contribution in [2.24, 2.45) is 0 Å². The first-order valence-corrected chi connectivity index (χ1v) is 3.74. The summed E-state index contributed by atoms with van der Waals surface area (Å²) in [5, 5.41) is 0. The molecule has 1 heterocycles. The van der Waals surface area contributed by atoms with Gasteiger partial charge in [0.15, 0.2) is 6.10 Å². The Morgan fingerprint density at radius 2 is 2.33 bits per heavy atom. The van der Waals surface area contributed by atoms with Gasteiger partial charge < -0.3 is 14.4 Å². The largest absolute Gasteiger partial charge is 0.497 e. The monoisotopic (exact) mass is 171 g/mol. The number of likely N-dealkylation sites (N-methyl/N-ethyl adjacent to an activating group) is 1. The zero-order valence-electron chi connectivity index (χ0n) is 7.53. The van der Waals surface area contributed by atoms with Crippen LogP contribution in [0.3, 0.4) is 0 Å². The lowest BCUT2D eigenvalue weighted by molar-refractivity contribution is -0.139. The van der Waals surface area contributed by atoms with E-state index in [4.69, 9.17) is 9.47 Å². The lowest BCUT2D eigenvalue weighted by atomic mass is 10.3. The standard InChI is InChI=1S/C8H13NO3/c1-9(2)5-7-6(11-3)4-8(10)12-7/h4,7H,5H2,1-3H3. The van der Waals surface area contributed by atoms with Crippen molar-refractivity contribution in [3.8, 4) is 0 Å². The third-order valence-electron chi connectivity index (χ3n) is 1.60.